The molecule has 1 saturated carbocycles. The number of nitrogens with zero attached hydrogens (tertiary/aromatic N) is 1. The lowest BCUT2D eigenvalue weighted by Crippen LogP contribution is -2.55. The molecular formula is C13H28N2. The van der Waals surface area contributed by atoms with Gasteiger partial charge in [0, 0.05) is 18.1 Å². The van der Waals surface area contributed by atoms with E-state index in [1.165, 1.54) is 25.7 Å². The molecule has 1 fully saturated rings. The van der Waals surface area contributed by atoms with Gasteiger partial charge >= 0.3 is 0 Å². The highest BCUT2D eigenvalue weighted by Gasteiger charge is 2.36. The maximum Gasteiger partial charge on any atom is 0.0330 e. The number of likely N-dealkylation sites (N-methyl/N-ethyl adjacent to an activating group) is 1. The zero-order valence-electron chi connectivity index (χ0n) is 11.1. The molecule has 0 radical (unpaired) electrons. The summed E-state index contributed by atoms with van der Waals surface area (Å²) in [6.07, 6.45) is 5.50. The SMILES string of the molecule is CC1CCCC(CNC(C)C)(N(C)C)C1. The Balaban J connectivity index is 2.60. The van der Waals surface area contributed by atoms with Crippen LogP contribution in [0.3, 0.4) is 0 Å². The van der Waals surface area contributed by atoms with Crippen LogP contribution >= 0.6 is 0 Å². The van der Waals surface area contributed by atoms with Crippen molar-refractivity contribution in [2.75, 3.05) is 20.6 Å². The van der Waals surface area contributed by atoms with Crippen molar-refractivity contribution in [2.24, 2.45) is 5.92 Å². The monoisotopic (exact) mass is 212 g/mol. The summed E-state index contributed by atoms with van der Waals surface area (Å²) < 4.78 is 0. The first-order chi connectivity index (χ1) is 6.96. The quantitative estimate of drug-likeness (QED) is 0.770. The van der Waals surface area contributed by atoms with Crippen LogP contribution in [-0.2, 0) is 0 Å². The molecular weight excluding hydrogens is 184 g/mol. The molecule has 0 amide bonds. The van der Waals surface area contributed by atoms with E-state index < -0.39 is 0 Å². The van der Waals surface area contributed by atoms with Crippen molar-refractivity contribution in [2.45, 2.75) is 58.0 Å². The van der Waals surface area contributed by atoms with Crippen molar-refractivity contribution >= 4 is 0 Å². The molecule has 0 saturated heterocycles. The number of hydrogen-bond acceptors (Lipinski definition) is 2. The fourth-order valence-electron chi connectivity index (χ4n) is 2.75. The highest BCUT2D eigenvalue weighted by molar-refractivity contribution is 4.94. The molecule has 1 aliphatic carbocycles. The molecule has 0 aromatic heterocycles. The number of nitrogens with one attached hydrogen (secondary N) is 1. The Hall–Kier alpha value is -0.0800. The van der Waals surface area contributed by atoms with Crippen LogP contribution in [0, 0.1) is 5.92 Å². The minimum absolute atomic E-state index is 0.405. The van der Waals surface area contributed by atoms with E-state index in [0.29, 0.717) is 11.6 Å². The van der Waals surface area contributed by atoms with E-state index in [1.54, 1.807) is 0 Å². The summed E-state index contributed by atoms with van der Waals surface area (Å²) >= 11 is 0. The Morgan fingerprint density at radius 2 is 2.07 bits per heavy atom. The van der Waals surface area contributed by atoms with Gasteiger partial charge in [-0.15, -0.1) is 0 Å². The zero-order chi connectivity index (χ0) is 11.5. The normalized spacial score (nSPS) is 32.6. The second-order valence-corrected chi connectivity index (χ2v) is 5.86. The third-order valence-electron chi connectivity index (χ3n) is 3.86. The number of hydrogen-bond donors (Lipinski definition) is 1. The van der Waals surface area contributed by atoms with Gasteiger partial charge in [-0.1, -0.05) is 33.6 Å². The maximum absolute atomic E-state index is 3.62. The summed E-state index contributed by atoms with van der Waals surface area (Å²) in [5.74, 6) is 0.884. The van der Waals surface area contributed by atoms with Crippen LogP contribution in [0.1, 0.15) is 46.5 Å². The predicted octanol–water partition coefficient (Wildman–Crippen LogP) is 2.49. The molecule has 2 nitrogen and oxygen atoms in total. The van der Waals surface area contributed by atoms with Crippen LogP contribution in [0.5, 0.6) is 0 Å². The highest BCUT2D eigenvalue weighted by atomic mass is 15.2. The van der Waals surface area contributed by atoms with Gasteiger partial charge in [0.2, 0.25) is 0 Å². The molecule has 1 N–H and O–H groups in total. The second kappa shape index (κ2) is 5.31. The van der Waals surface area contributed by atoms with Gasteiger partial charge in [-0.25, -0.2) is 0 Å². The van der Waals surface area contributed by atoms with Crippen molar-refractivity contribution in [3.05, 3.63) is 0 Å². The van der Waals surface area contributed by atoms with Gasteiger partial charge in [-0.05, 0) is 32.9 Å². The number of rotatable bonds is 4. The van der Waals surface area contributed by atoms with Gasteiger partial charge in [-0.3, -0.25) is 0 Å². The standard InChI is InChI=1S/C13H28N2/c1-11(2)14-10-13(15(4)5)8-6-7-12(3)9-13/h11-12,14H,6-10H2,1-5H3. The predicted molar refractivity (Wildman–Crippen MR) is 67.2 cm³/mol. The summed E-state index contributed by atoms with van der Waals surface area (Å²) in [6.45, 7) is 8.00. The third kappa shape index (κ3) is 3.46. The van der Waals surface area contributed by atoms with E-state index in [4.69, 9.17) is 0 Å². The van der Waals surface area contributed by atoms with Crippen molar-refractivity contribution in [3.8, 4) is 0 Å². The summed E-state index contributed by atoms with van der Waals surface area (Å²) in [6, 6.07) is 0.596. The molecule has 1 rings (SSSR count). The van der Waals surface area contributed by atoms with Crippen molar-refractivity contribution in [1.29, 1.82) is 0 Å². The Bertz CT molecular complexity index is 189. The molecule has 0 bridgehead atoms. The van der Waals surface area contributed by atoms with Crippen LogP contribution in [0.25, 0.3) is 0 Å². The van der Waals surface area contributed by atoms with Gasteiger partial charge in [0.05, 0.1) is 0 Å². The fourth-order valence-corrected chi connectivity index (χ4v) is 2.75. The molecule has 1 aliphatic rings. The first-order valence-electron chi connectivity index (χ1n) is 6.37. The molecule has 90 valence electrons. The van der Waals surface area contributed by atoms with Gasteiger partial charge in [-0.2, -0.15) is 0 Å². The second-order valence-electron chi connectivity index (χ2n) is 5.86. The van der Waals surface area contributed by atoms with Gasteiger partial charge < -0.3 is 10.2 Å². The lowest BCUT2D eigenvalue weighted by atomic mass is 9.75. The first kappa shape index (κ1) is 13.0. The highest BCUT2D eigenvalue weighted by Crippen LogP contribution is 2.35. The molecule has 0 aromatic rings. The average Bonchev–Trinajstić information content (AvgIpc) is 2.14. The molecule has 2 heteroatoms. The van der Waals surface area contributed by atoms with E-state index in [1.807, 2.05) is 0 Å². The first-order valence-corrected chi connectivity index (χ1v) is 6.37. The minimum atomic E-state index is 0.405. The Kier molecular flexibility index (Phi) is 4.60. The Labute approximate surface area is 95.4 Å². The molecule has 0 heterocycles. The van der Waals surface area contributed by atoms with Gasteiger partial charge in [0.1, 0.15) is 0 Å². The molecule has 15 heavy (non-hydrogen) atoms. The van der Waals surface area contributed by atoms with E-state index >= 15 is 0 Å². The molecule has 2 atom stereocenters. The summed E-state index contributed by atoms with van der Waals surface area (Å²) in [4.78, 5) is 2.44. The fraction of sp³-hybridized carbons (Fsp3) is 1.00. The largest absolute Gasteiger partial charge is 0.313 e. The summed E-state index contributed by atoms with van der Waals surface area (Å²) in [5.41, 5.74) is 0.405. The lowest BCUT2D eigenvalue weighted by Gasteiger charge is -2.45. The Morgan fingerprint density at radius 1 is 1.40 bits per heavy atom. The summed E-state index contributed by atoms with van der Waals surface area (Å²) in [7, 11) is 4.47. The lowest BCUT2D eigenvalue weighted by molar-refractivity contribution is 0.0734. The van der Waals surface area contributed by atoms with E-state index in [-0.39, 0.29) is 0 Å². The zero-order valence-corrected chi connectivity index (χ0v) is 11.1. The molecule has 0 aromatic carbocycles. The minimum Gasteiger partial charge on any atom is -0.313 e. The van der Waals surface area contributed by atoms with Gasteiger partial charge in [0.25, 0.3) is 0 Å². The van der Waals surface area contributed by atoms with Crippen LogP contribution in [0.4, 0.5) is 0 Å². The van der Waals surface area contributed by atoms with Crippen molar-refractivity contribution in [3.63, 3.8) is 0 Å². The summed E-state index contributed by atoms with van der Waals surface area (Å²) in [5, 5.41) is 3.62. The molecule has 0 spiro atoms. The van der Waals surface area contributed by atoms with Gasteiger partial charge in [0.15, 0.2) is 0 Å². The van der Waals surface area contributed by atoms with E-state index in [0.717, 1.165) is 12.5 Å². The van der Waals surface area contributed by atoms with E-state index in [9.17, 15) is 0 Å². The van der Waals surface area contributed by atoms with Crippen LogP contribution in [0.2, 0.25) is 0 Å². The van der Waals surface area contributed by atoms with E-state index in [2.05, 4.69) is 45.1 Å². The maximum atomic E-state index is 3.62. The molecule has 0 aliphatic heterocycles. The molecule has 2 unspecified atom stereocenters. The topological polar surface area (TPSA) is 15.3 Å². The van der Waals surface area contributed by atoms with Crippen LogP contribution < -0.4 is 5.32 Å². The van der Waals surface area contributed by atoms with Crippen molar-refractivity contribution < 1.29 is 0 Å². The third-order valence-corrected chi connectivity index (χ3v) is 3.86. The van der Waals surface area contributed by atoms with Crippen LogP contribution in [0.15, 0.2) is 0 Å². The van der Waals surface area contributed by atoms with Crippen LogP contribution in [-0.4, -0.2) is 37.1 Å². The smallest absolute Gasteiger partial charge is 0.0330 e. The van der Waals surface area contributed by atoms with Crippen molar-refractivity contribution in [1.82, 2.24) is 10.2 Å². The average molecular weight is 212 g/mol. The Morgan fingerprint density at radius 3 is 2.53 bits per heavy atom.